The van der Waals surface area contributed by atoms with Gasteiger partial charge in [0.1, 0.15) is 17.3 Å². The van der Waals surface area contributed by atoms with E-state index >= 15 is 0 Å². The Morgan fingerprint density at radius 1 is 1.21 bits per heavy atom. The van der Waals surface area contributed by atoms with E-state index in [1.807, 2.05) is 25.1 Å². The van der Waals surface area contributed by atoms with Gasteiger partial charge in [0.25, 0.3) is 0 Å². The monoisotopic (exact) mass is 260 g/mol. The summed E-state index contributed by atoms with van der Waals surface area (Å²) < 4.78 is 19.1. The first-order valence-corrected chi connectivity index (χ1v) is 6.32. The molecular formula is C16H17FO2. The number of rotatable bonds is 4. The molecule has 100 valence electrons. The third-order valence-corrected chi connectivity index (χ3v) is 3.04. The molecule has 0 aliphatic carbocycles. The van der Waals surface area contributed by atoms with E-state index in [0.717, 1.165) is 0 Å². The largest absolute Gasteiger partial charge is 0.457 e. The second kappa shape index (κ2) is 5.85. The van der Waals surface area contributed by atoms with Crippen LogP contribution in [-0.2, 0) is 0 Å². The molecule has 0 amide bonds. The number of benzene rings is 2. The molecule has 2 rings (SSSR count). The third-order valence-electron chi connectivity index (χ3n) is 3.04. The Bertz CT molecular complexity index is 566. The number of aryl methyl sites for hydroxylation is 1. The molecule has 0 aromatic heterocycles. The molecule has 2 aromatic rings. The number of aliphatic hydroxyl groups excluding tert-OH is 1. The summed E-state index contributed by atoms with van der Waals surface area (Å²) in [5.74, 6) is 0.685. The molecule has 1 unspecified atom stereocenters. The number of aliphatic hydroxyl groups is 1. The van der Waals surface area contributed by atoms with Crippen molar-refractivity contribution in [3.63, 3.8) is 0 Å². The highest BCUT2D eigenvalue weighted by atomic mass is 19.1. The van der Waals surface area contributed by atoms with Crippen molar-refractivity contribution in [1.29, 1.82) is 0 Å². The van der Waals surface area contributed by atoms with Gasteiger partial charge in [0, 0.05) is 11.6 Å². The lowest BCUT2D eigenvalue weighted by molar-refractivity contribution is 0.170. The number of ether oxygens (including phenoxy) is 1. The van der Waals surface area contributed by atoms with Gasteiger partial charge in [-0.2, -0.15) is 0 Å². The van der Waals surface area contributed by atoms with Crippen LogP contribution in [0.2, 0.25) is 0 Å². The predicted octanol–water partition coefficient (Wildman–Crippen LogP) is 4.37. The maximum atomic E-state index is 13.5. The van der Waals surface area contributed by atoms with Crippen molar-refractivity contribution in [2.45, 2.75) is 26.4 Å². The predicted molar refractivity (Wildman–Crippen MR) is 72.9 cm³/mol. The van der Waals surface area contributed by atoms with Crippen LogP contribution in [0.15, 0.2) is 42.5 Å². The Kier molecular flexibility index (Phi) is 4.17. The van der Waals surface area contributed by atoms with Crippen molar-refractivity contribution in [1.82, 2.24) is 0 Å². The lowest BCUT2D eigenvalue weighted by Crippen LogP contribution is -1.98. The summed E-state index contributed by atoms with van der Waals surface area (Å²) in [7, 11) is 0. The maximum absolute atomic E-state index is 13.5. The second-order valence-electron chi connectivity index (χ2n) is 4.47. The zero-order chi connectivity index (χ0) is 13.8. The van der Waals surface area contributed by atoms with Crippen molar-refractivity contribution in [2.24, 2.45) is 0 Å². The number of halogens is 1. The van der Waals surface area contributed by atoms with Crippen molar-refractivity contribution in [3.05, 3.63) is 59.4 Å². The van der Waals surface area contributed by atoms with Gasteiger partial charge >= 0.3 is 0 Å². The first-order chi connectivity index (χ1) is 9.11. The first-order valence-electron chi connectivity index (χ1n) is 6.32. The minimum atomic E-state index is -0.577. The van der Waals surface area contributed by atoms with Gasteiger partial charge in [0.15, 0.2) is 0 Å². The average Bonchev–Trinajstić information content (AvgIpc) is 2.43. The highest BCUT2D eigenvalue weighted by molar-refractivity contribution is 5.39. The molecule has 0 bridgehead atoms. The molecule has 0 aliphatic rings. The first kappa shape index (κ1) is 13.6. The summed E-state index contributed by atoms with van der Waals surface area (Å²) in [6.07, 6.45) is 0.0225. The van der Waals surface area contributed by atoms with Gasteiger partial charge in [-0.25, -0.2) is 4.39 Å². The van der Waals surface area contributed by atoms with Gasteiger partial charge in [-0.3, -0.25) is 0 Å². The Morgan fingerprint density at radius 3 is 2.63 bits per heavy atom. The molecule has 0 saturated carbocycles. The summed E-state index contributed by atoms with van der Waals surface area (Å²) in [4.78, 5) is 0. The van der Waals surface area contributed by atoms with Crippen LogP contribution >= 0.6 is 0 Å². The van der Waals surface area contributed by atoms with Crippen molar-refractivity contribution in [3.8, 4) is 11.5 Å². The molecule has 0 heterocycles. The molecule has 0 saturated heterocycles. The van der Waals surface area contributed by atoms with Crippen LogP contribution in [0.25, 0.3) is 0 Å². The molecule has 19 heavy (non-hydrogen) atoms. The molecule has 3 heteroatoms. The van der Waals surface area contributed by atoms with E-state index in [4.69, 9.17) is 4.74 Å². The van der Waals surface area contributed by atoms with Crippen LogP contribution in [0.1, 0.15) is 30.6 Å². The van der Waals surface area contributed by atoms with Crippen LogP contribution in [0.3, 0.4) is 0 Å². The quantitative estimate of drug-likeness (QED) is 0.884. The van der Waals surface area contributed by atoms with Gasteiger partial charge in [-0.15, -0.1) is 0 Å². The van der Waals surface area contributed by atoms with Crippen LogP contribution in [0.5, 0.6) is 11.5 Å². The highest BCUT2D eigenvalue weighted by Gasteiger charge is 2.12. The molecule has 2 aromatic carbocycles. The lowest BCUT2D eigenvalue weighted by atomic mass is 10.1. The van der Waals surface area contributed by atoms with Gasteiger partial charge in [-0.1, -0.05) is 31.2 Å². The van der Waals surface area contributed by atoms with Crippen molar-refractivity contribution < 1.29 is 14.2 Å². The smallest absolute Gasteiger partial charge is 0.133 e. The van der Waals surface area contributed by atoms with Crippen LogP contribution in [-0.4, -0.2) is 5.11 Å². The standard InChI is InChI=1S/C16H17FO2/c1-3-15(18)13-6-4-5-7-16(13)19-12-9-8-11(2)14(17)10-12/h4-10,15,18H,3H2,1-2H3. The Balaban J connectivity index is 2.30. The molecule has 2 nitrogen and oxygen atoms in total. The molecule has 0 aliphatic heterocycles. The fraction of sp³-hybridized carbons (Fsp3) is 0.250. The molecular weight excluding hydrogens is 243 g/mol. The summed E-state index contributed by atoms with van der Waals surface area (Å²) in [5, 5.41) is 9.93. The number of para-hydroxylation sites is 1. The second-order valence-corrected chi connectivity index (χ2v) is 4.47. The average molecular weight is 260 g/mol. The summed E-state index contributed by atoms with van der Waals surface area (Å²) >= 11 is 0. The topological polar surface area (TPSA) is 29.5 Å². The van der Waals surface area contributed by atoms with E-state index in [2.05, 4.69) is 0 Å². The minimum absolute atomic E-state index is 0.300. The lowest BCUT2D eigenvalue weighted by Gasteiger charge is -2.14. The van der Waals surface area contributed by atoms with Gasteiger partial charge in [0.2, 0.25) is 0 Å². The third kappa shape index (κ3) is 3.12. The van der Waals surface area contributed by atoms with Gasteiger partial charge in [0.05, 0.1) is 6.10 Å². The Labute approximate surface area is 112 Å². The van der Waals surface area contributed by atoms with E-state index in [0.29, 0.717) is 29.0 Å². The highest BCUT2D eigenvalue weighted by Crippen LogP contribution is 2.31. The minimum Gasteiger partial charge on any atom is -0.457 e. The van der Waals surface area contributed by atoms with E-state index in [1.165, 1.54) is 6.07 Å². The Morgan fingerprint density at radius 2 is 1.95 bits per heavy atom. The zero-order valence-corrected chi connectivity index (χ0v) is 11.1. The fourth-order valence-electron chi connectivity index (χ4n) is 1.83. The zero-order valence-electron chi connectivity index (χ0n) is 11.1. The maximum Gasteiger partial charge on any atom is 0.133 e. The van der Waals surface area contributed by atoms with E-state index in [1.54, 1.807) is 25.1 Å². The van der Waals surface area contributed by atoms with Crippen molar-refractivity contribution in [2.75, 3.05) is 0 Å². The Hall–Kier alpha value is -1.87. The molecule has 0 spiro atoms. The van der Waals surface area contributed by atoms with Crippen LogP contribution < -0.4 is 4.74 Å². The molecule has 0 radical (unpaired) electrons. The van der Waals surface area contributed by atoms with Gasteiger partial charge in [-0.05, 0) is 31.0 Å². The van der Waals surface area contributed by atoms with E-state index in [-0.39, 0.29) is 5.82 Å². The number of hydrogen-bond acceptors (Lipinski definition) is 2. The van der Waals surface area contributed by atoms with E-state index in [9.17, 15) is 9.50 Å². The fourth-order valence-corrected chi connectivity index (χ4v) is 1.83. The van der Waals surface area contributed by atoms with Crippen molar-refractivity contribution >= 4 is 0 Å². The normalized spacial score (nSPS) is 12.2. The van der Waals surface area contributed by atoms with Crippen LogP contribution in [0.4, 0.5) is 4.39 Å². The molecule has 0 fully saturated rings. The summed E-state index contributed by atoms with van der Waals surface area (Å²) in [6, 6.07) is 12.0. The molecule has 1 N–H and O–H groups in total. The molecule has 1 atom stereocenters. The summed E-state index contributed by atoms with van der Waals surface area (Å²) in [6.45, 7) is 3.60. The van der Waals surface area contributed by atoms with Gasteiger partial charge < -0.3 is 9.84 Å². The number of hydrogen-bond donors (Lipinski definition) is 1. The van der Waals surface area contributed by atoms with E-state index < -0.39 is 6.10 Å². The summed E-state index contributed by atoms with van der Waals surface area (Å²) in [5.41, 5.74) is 1.29. The SMILES string of the molecule is CCC(O)c1ccccc1Oc1ccc(C)c(F)c1. The van der Waals surface area contributed by atoms with Crippen LogP contribution in [0, 0.1) is 12.7 Å².